The third-order valence-corrected chi connectivity index (χ3v) is 5.03. The van der Waals surface area contributed by atoms with Crippen molar-refractivity contribution in [2.24, 2.45) is 0 Å². The molecule has 7 nitrogen and oxygen atoms in total. The van der Waals surface area contributed by atoms with Crippen LogP contribution in [0, 0.1) is 0 Å². The predicted octanol–water partition coefficient (Wildman–Crippen LogP) is 0.615. The van der Waals surface area contributed by atoms with E-state index in [9.17, 15) is 9.59 Å². The van der Waals surface area contributed by atoms with Gasteiger partial charge < -0.3 is 26.8 Å². The summed E-state index contributed by atoms with van der Waals surface area (Å²) in [6.07, 6.45) is -0.0908. The van der Waals surface area contributed by atoms with Crippen LogP contribution in [0.25, 0.3) is 0 Å². The van der Waals surface area contributed by atoms with Gasteiger partial charge in [-0.3, -0.25) is 10.6 Å². The van der Waals surface area contributed by atoms with E-state index >= 15 is 0 Å². The normalized spacial score (nSPS) is 10.1. The van der Waals surface area contributed by atoms with Gasteiger partial charge in [0, 0.05) is 17.8 Å². The van der Waals surface area contributed by atoms with Gasteiger partial charge in [-0.15, -0.1) is 0 Å². The van der Waals surface area contributed by atoms with Crippen LogP contribution in [0.5, 0.6) is 0 Å². The molecule has 0 saturated carbocycles. The average molecular weight is 484 g/mol. The molecule has 180 valence electrons. The summed E-state index contributed by atoms with van der Waals surface area (Å²) in [6, 6.07) is 28.6. The quantitative estimate of drug-likeness (QED) is 0.373. The third kappa shape index (κ3) is 10.4. The highest BCUT2D eigenvalue weighted by Gasteiger charge is 2.13. The Hall–Kier alpha value is -3.55. The molecule has 3 aromatic carbocycles. The number of nitrogens with one attached hydrogen (secondary N) is 3. The zero-order chi connectivity index (χ0) is 23.1. The van der Waals surface area contributed by atoms with E-state index < -0.39 is 12.2 Å². The van der Waals surface area contributed by atoms with Crippen molar-refractivity contribution in [3.8, 4) is 0 Å². The van der Waals surface area contributed by atoms with Gasteiger partial charge in [0.2, 0.25) is 0 Å². The van der Waals surface area contributed by atoms with Gasteiger partial charge in [-0.05, 0) is 29.8 Å². The number of anilines is 2. The number of amides is 2. The lowest BCUT2D eigenvalue weighted by Gasteiger charge is -2.19. The van der Waals surface area contributed by atoms with E-state index in [1.54, 1.807) is 24.3 Å². The minimum atomic E-state index is -0.484. The number of quaternary nitrogens is 1. The Bertz CT molecular complexity index is 916. The molecule has 0 fully saturated rings. The summed E-state index contributed by atoms with van der Waals surface area (Å²) in [5.41, 5.74) is 2.61. The second kappa shape index (κ2) is 15.3. The van der Waals surface area contributed by atoms with E-state index in [-0.39, 0.29) is 25.6 Å². The summed E-state index contributed by atoms with van der Waals surface area (Å²) in [5.74, 6) is 0. The van der Waals surface area contributed by atoms with Crippen molar-refractivity contribution in [1.29, 1.82) is 0 Å². The molecule has 0 radical (unpaired) electrons. The number of hydrogen-bond donors (Lipinski definition) is 3. The van der Waals surface area contributed by atoms with E-state index in [4.69, 9.17) is 9.47 Å². The Labute approximate surface area is 206 Å². The van der Waals surface area contributed by atoms with E-state index in [0.717, 1.165) is 13.0 Å². The van der Waals surface area contributed by atoms with E-state index in [2.05, 4.69) is 22.8 Å². The largest absolute Gasteiger partial charge is 1.00 e. The number of ether oxygens (including phenoxy) is 2. The van der Waals surface area contributed by atoms with Gasteiger partial charge in [0.05, 0.1) is 6.54 Å². The lowest BCUT2D eigenvalue weighted by atomic mass is 10.1. The zero-order valence-corrected chi connectivity index (χ0v) is 19.7. The Morgan fingerprint density at radius 1 is 0.618 bits per heavy atom. The first-order valence-corrected chi connectivity index (χ1v) is 11.0. The topological polar surface area (TPSA) is 81.1 Å². The van der Waals surface area contributed by atoms with Crippen LogP contribution in [0.2, 0.25) is 0 Å². The van der Waals surface area contributed by atoms with Crippen molar-refractivity contribution >= 4 is 23.6 Å². The minimum absolute atomic E-state index is 0. The summed E-state index contributed by atoms with van der Waals surface area (Å²) >= 11 is 0. The molecule has 3 N–H and O–H groups in total. The number of carbonyl (C=O) groups excluding carboxylic acids is 2. The van der Waals surface area contributed by atoms with Gasteiger partial charge >= 0.3 is 12.2 Å². The maximum Gasteiger partial charge on any atom is 0.411 e. The number of para-hydroxylation sites is 2. The van der Waals surface area contributed by atoms with Crippen molar-refractivity contribution in [2.45, 2.75) is 6.42 Å². The fourth-order valence-corrected chi connectivity index (χ4v) is 3.27. The molecule has 0 saturated heterocycles. The fourth-order valence-electron chi connectivity index (χ4n) is 3.27. The monoisotopic (exact) mass is 483 g/mol. The molecular formula is C26H30ClN3O4. The lowest BCUT2D eigenvalue weighted by Crippen LogP contribution is -3.13. The second-order valence-corrected chi connectivity index (χ2v) is 7.49. The summed E-state index contributed by atoms with van der Waals surface area (Å²) in [5, 5.41) is 5.41. The first-order valence-electron chi connectivity index (χ1n) is 11.0. The van der Waals surface area contributed by atoms with E-state index in [1.165, 1.54) is 10.5 Å². The highest BCUT2D eigenvalue weighted by atomic mass is 35.5. The maximum absolute atomic E-state index is 12.0. The van der Waals surface area contributed by atoms with Gasteiger partial charge in [-0.25, -0.2) is 9.59 Å². The first-order chi connectivity index (χ1) is 16.2. The van der Waals surface area contributed by atoms with Gasteiger partial charge in [0.15, 0.2) is 0 Å². The second-order valence-electron chi connectivity index (χ2n) is 7.49. The molecule has 8 heteroatoms. The van der Waals surface area contributed by atoms with Crippen LogP contribution in [-0.4, -0.2) is 45.0 Å². The molecule has 0 aliphatic carbocycles. The Morgan fingerprint density at radius 2 is 1.03 bits per heavy atom. The van der Waals surface area contributed by atoms with Crippen molar-refractivity contribution in [3.05, 3.63) is 96.6 Å². The average Bonchev–Trinajstić information content (AvgIpc) is 2.84. The SMILES string of the molecule is O=C(Nc1ccccc1)OCC[NH+](CCOC(=O)Nc1ccccc1)CCc1ccccc1.[Cl-]. The Balaban J connectivity index is 0.00000408. The first kappa shape index (κ1) is 26.7. The van der Waals surface area contributed by atoms with Crippen LogP contribution in [0.4, 0.5) is 21.0 Å². The summed E-state index contributed by atoms with van der Waals surface area (Å²) in [4.78, 5) is 25.2. The standard InChI is InChI=1S/C26H29N3O4.ClH/c30-25(27-23-12-6-2-7-13-23)32-20-18-29(17-16-22-10-4-1-5-11-22)19-21-33-26(31)28-24-14-8-3-9-15-24;/h1-15H,16-21H2,(H,27,30)(H,28,31);1H. The molecule has 0 aromatic heterocycles. The predicted molar refractivity (Wildman–Crippen MR) is 129 cm³/mol. The van der Waals surface area contributed by atoms with Crippen LogP contribution >= 0.6 is 0 Å². The lowest BCUT2D eigenvalue weighted by molar-refractivity contribution is -0.900. The number of hydrogen-bond acceptors (Lipinski definition) is 4. The molecule has 3 rings (SSSR count). The Kier molecular flexibility index (Phi) is 12.0. The van der Waals surface area contributed by atoms with Gasteiger partial charge in [-0.2, -0.15) is 0 Å². The highest BCUT2D eigenvalue weighted by molar-refractivity contribution is 5.84. The van der Waals surface area contributed by atoms with Gasteiger partial charge in [-0.1, -0.05) is 66.7 Å². The summed E-state index contributed by atoms with van der Waals surface area (Å²) in [6.45, 7) is 2.58. The molecule has 0 aliphatic rings. The van der Waals surface area contributed by atoms with E-state index in [1.807, 2.05) is 54.6 Å². The number of halogens is 1. The minimum Gasteiger partial charge on any atom is -1.00 e. The van der Waals surface area contributed by atoms with Crippen molar-refractivity contribution in [2.75, 3.05) is 43.5 Å². The van der Waals surface area contributed by atoms with E-state index in [0.29, 0.717) is 24.5 Å². The van der Waals surface area contributed by atoms with Crippen LogP contribution in [0.1, 0.15) is 5.56 Å². The van der Waals surface area contributed by atoms with Gasteiger partial charge in [0.1, 0.15) is 26.3 Å². The number of benzene rings is 3. The Morgan fingerprint density at radius 3 is 1.47 bits per heavy atom. The third-order valence-electron chi connectivity index (χ3n) is 5.03. The molecule has 0 heterocycles. The molecule has 0 aliphatic heterocycles. The van der Waals surface area contributed by atoms with Crippen LogP contribution in [-0.2, 0) is 15.9 Å². The molecule has 2 amide bonds. The summed E-state index contributed by atoms with van der Waals surface area (Å²) < 4.78 is 10.7. The molecule has 3 aromatic rings. The van der Waals surface area contributed by atoms with Crippen molar-refractivity contribution < 1.29 is 36.4 Å². The molecule has 0 unspecified atom stereocenters. The number of rotatable bonds is 11. The van der Waals surface area contributed by atoms with Crippen LogP contribution in [0.15, 0.2) is 91.0 Å². The maximum atomic E-state index is 12.0. The highest BCUT2D eigenvalue weighted by Crippen LogP contribution is 2.06. The molecule has 34 heavy (non-hydrogen) atoms. The molecule has 0 atom stereocenters. The fraction of sp³-hybridized carbons (Fsp3) is 0.231. The van der Waals surface area contributed by atoms with Crippen molar-refractivity contribution in [3.63, 3.8) is 0 Å². The molecule has 0 bridgehead atoms. The molecule has 0 spiro atoms. The van der Waals surface area contributed by atoms with Crippen LogP contribution < -0.4 is 27.9 Å². The molecular weight excluding hydrogens is 454 g/mol. The van der Waals surface area contributed by atoms with Crippen molar-refractivity contribution in [1.82, 2.24) is 0 Å². The van der Waals surface area contributed by atoms with Gasteiger partial charge in [0.25, 0.3) is 0 Å². The summed E-state index contributed by atoms with van der Waals surface area (Å²) in [7, 11) is 0. The smallest absolute Gasteiger partial charge is 0.411 e. The van der Waals surface area contributed by atoms with Crippen LogP contribution in [0.3, 0.4) is 0 Å². The zero-order valence-electron chi connectivity index (χ0n) is 18.9. The number of carbonyl (C=O) groups is 2.